The molecule has 5 nitrogen and oxygen atoms in total. The van der Waals surface area contributed by atoms with Crippen molar-refractivity contribution in [3.8, 4) is 0 Å². The van der Waals surface area contributed by atoms with Gasteiger partial charge in [-0.1, -0.05) is 0 Å². The first-order valence-corrected chi connectivity index (χ1v) is 4.78. The Hall–Kier alpha value is -1.52. The summed E-state index contributed by atoms with van der Waals surface area (Å²) in [7, 11) is 0. The number of nitrogens with one attached hydrogen (secondary N) is 1. The van der Waals surface area contributed by atoms with E-state index in [9.17, 15) is 4.79 Å². The molecule has 0 aromatic rings. The average molecular weight is 194 g/mol. The summed E-state index contributed by atoms with van der Waals surface area (Å²) in [4.78, 5) is 17.3. The zero-order chi connectivity index (χ0) is 9.97. The van der Waals surface area contributed by atoms with Gasteiger partial charge >= 0.3 is 0 Å². The first-order valence-electron chi connectivity index (χ1n) is 4.78. The highest BCUT2D eigenvalue weighted by Crippen LogP contribution is 2.12. The van der Waals surface area contributed by atoms with Crippen LogP contribution in [0.5, 0.6) is 0 Å². The predicted molar refractivity (Wildman–Crippen MR) is 53.8 cm³/mol. The van der Waals surface area contributed by atoms with Crippen LogP contribution in [0.1, 0.15) is 6.42 Å². The van der Waals surface area contributed by atoms with Gasteiger partial charge in [0.25, 0.3) is 0 Å². The van der Waals surface area contributed by atoms with Gasteiger partial charge in [-0.2, -0.15) is 0 Å². The normalized spacial score (nSPS) is 25.9. The second-order valence-corrected chi connectivity index (χ2v) is 3.48. The van der Waals surface area contributed by atoms with Crippen LogP contribution in [0.15, 0.2) is 16.9 Å². The Morgan fingerprint density at radius 2 is 2.50 bits per heavy atom. The zero-order valence-electron chi connectivity index (χ0n) is 7.94. The van der Waals surface area contributed by atoms with E-state index in [1.165, 1.54) is 0 Å². The van der Waals surface area contributed by atoms with Gasteiger partial charge in [-0.25, -0.2) is 0 Å². The molecular formula is C9H14N4O. The number of hydrogen-bond acceptors (Lipinski definition) is 4. The lowest BCUT2D eigenvalue weighted by atomic mass is 10.1. The minimum atomic E-state index is -0.285. The van der Waals surface area contributed by atoms with Crippen molar-refractivity contribution in [2.75, 3.05) is 19.6 Å². The first-order chi connectivity index (χ1) is 6.77. The number of carbonyl (C=O) groups is 1. The van der Waals surface area contributed by atoms with E-state index in [-0.39, 0.29) is 11.9 Å². The molecule has 5 heteroatoms. The van der Waals surface area contributed by atoms with Crippen molar-refractivity contribution in [1.82, 2.24) is 10.2 Å². The van der Waals surface area contributed by atoms with Gasteiger partial charge < -0.3 is 16.0 Å². The molecule has 0 radical (unpaired) electrons. The topological polar surface area (TPSA) is 70.7 Å². The molecule has 1 amide bonds. The fourth-order valence-electron chi connectivity index (χ4n) is 1.72. The van der Waals surface area contributed by atoms with Crippen molar-refractivity contribution in [1.29, 1.82) is 0 Å². The Morgan fingerprint density at radius 3 is 3.29 bits per heavy atom. The molecule has 0 bridgehead atoms. The number of hydrogen-bond donors (Lipinski definition) is 2. The van der Waals surface area contributed by atoms with Crippen LogP contribution in [0.2, 0.25) is 0 Å². The smallest absolute Gasteiger partial charge is 0.240 e. The lowest BCUT2D eigenvalue weighted by Crippen LogP contribution is -2.51. The van der Waals surface area contributed by atoms with Crippen LogP contribution in [-0.2, 0) is 4.79 Å². The molecule has 0 aromatic heterocycles. The molecule has 76 valence electrons. The summed E-state index contributed by atoms with van der Waals surface area (Å²) in [6.45, 7) is 2.58. The van der Waals surface area contributed by atoms with Gasteiger partial charge in [-0.3, -0.25) is 9.79 Å². The summed E-state index contributed by atoms with van der Waals surface area (Å²) < 4.78 is 0. The second-order valence-electron chi connectivity index (χ2n) is 3.48. The van der Waals surface area contributed by atoms with Gasteiger partial charge in [0, 0.05) is 19.3 Å². The zero-order valence-corrected chi connectivity index (χ0v) is 7.94. The molecule has 1 saturated heterocycles. The van der Waals surface area contributed by atoms with Crippen LogP contribution in [-0.4, -0.2) is 42.7 Å². The predicted octanol–water partition coefficient (Wildman–Crippen LogP) is -0.939. The molecule has 0 saturated carbocycles. The molecule has 0 aliphatic carbocycles. The van der Waals surface area contributed by atoms with Crippen LogP contribution in [0.3, 0.4) is 0 Å². The minimum absolute atomic E-state index is 0.232. The molecule has 2 rings (SSSR count). The van der Waals surface area contributed by atoms with Crippen LogP contribution in [0.25, 0.3) is 0 Å². The third-order valence-corrected chi connectivity index (χ3v) is 2.53. The summed E-state index contributed by atoms with van der Waals surface area (Å²) in [5.41, 5.74) is 5.25. The van der Waals surface area contributed by atoms with E-state index in [1.807, 2.05) is 6.08 Å². The van der Waals surface area contributed by atoms with E-state index in [2.05, 4.69) is 15.2 Å². The van der Waals surface area contributed by atoms with E-state index < -0.39 is 0 Å². The van der Waals surface area contributed by atoms with Crippen molar-refractivity contribution in [2.24, 2.45) is 10.7 Å². The molecule has 1 atom stereocenters. The third kappa shape index (κ3) is 1.71. The summed E-state index contributed by atoms with van der Waals surface area (Å²) in [5, 5.41) is 3.12. The summed E-state index contributed by atoms with van der Waals surface area (Å²) in [6.07, 6.45) is 4.43. The first kappa shape index (κ1) is 9.05. The van der Waals surface area contributed by atoms with E-state index in [4.69, 9.17) is 5.73 Å². The number of nitrogens with zero attached hydrogens (tertiary/aromatic N) is 2. The highest BCUT2D eigenvalue weighted by molar-refractivity contribution is 5.80. The van der Waals surface area contributed by atoms with Gasteiger partial charge in [0.15, 0.2) is 0 Å². The van der Waals surface area contributed by atoms with Gasteiger partial charge in [-0.05, 0) is 12.5 Å². The fourth-order valence-corrected chi connectivity index (χ4v) is 1.72. The Kier molecular flexibility index (Phi) is 2.39. The van der Waals surface area contributed by atoms with E-state index >= 15 is 0 Å². The van der Waals surface area contributed by atoms with Crippen LogP contribution in [0.4, 0.5) is 0 Å². The number of aliphatic imine (C=N–C) groups is 1. The molecule has 14 heavy (non-hydrogen) atoms. The van der Waals surface area contributed by atoms with Crippen LogP contribution in [0, 0.1) is 0 Å². The standard InChI is InChI=1S/C9H14N4O/c10-9(14)7-2-5-13-6-4-11-3-1-8(13)12-7/h1,3,7,12H,2,4-6H2,(H2,10,14). The van der Waals surface area contributed by atoms with Gasteiger partial charge in [0.1, 0.15) is 11.9 Å². The number of allylic oxidation sites excluding steroid dienone is 1. The van der Waals surface area contributed by atoms with Crippen molar-refractivity contribution in [3.05, 3.63) is 11.9 Å². The van der Waals surface area contributed by atoms with E-state index in [1.54, 1.807) is 6.21 Å². The maximum atomic E-state index is 11.0. The lowest BCUT2D eigenvalue weighted by Gasteiger charge is -2.35. The molecule has 1 unspecified atom stereocenters. The van der Waals surface area contributed by atoms with Crippen molar-refractivity contribution in [3.63, 3.8) is 0 Å². The monoisotopic (exact) mass is 194 g/mol. The molecule has 1 fully saturated rings. The second kappa shape index (κ2) is 3.69. The molecule has 0 spiro atoms. The largest absolute Gasteiger partial charge is 0.368 e. The Balaban J connectivity index is 2.09. The number of nitrogens with two attached hydrogens (primary N) is 1. The lowest BCUT2D eigenvalue weighted by molar-refractivity contribution is -0.120. The van der Waals surface area contributed by atoms with E-state index in [0.717, 1.165) is 31.9 Å². The Bertz CT molecular complexity index is 297. The maximum Gasteiger partial charge on any atom is 0.240 e. The molecule has 3 N–H and O–H groups in total. The fraction of sp³-hybridized carbons (Fsp3) is 0.556. The maximum absolute atomic E-state index is 11.0. The molecule has 0 aromatic carbocycles. The van der Waals surface area contributed by atoms with Gasteiger partial charge in [0.05, 0.1) is 6.54 Å². The Morgan fingerprint density at radius 1 is 1.64 bits per heavy atom. The van der Waals surface area contributed by atoms with Gasteiger partial charge in [0.2, 0.25) is 5.91 Å². The molecule has 2 aliphatic heterocycles. The minimum Gasteiger partial charge on any atom is -0.368 e. The highest BCUT2D eigenvalue weighted by atomic mass is 16.1. The molecular weight excluding hydrogens is 180 g/mol. The summed E-state index contributed by atoms with van der Waals surface area (Å²) in [6, 6.07) is -0.232. The van der Waals surface area contributed by atoms with Crippen LogP contribution >= 0.6 is 0 Å². The van der Waals surface area contributed by atoms with Crippen molar-refractivity contribution >= 4 is 12.1 Å². The summed E-state index contributed by atoms with van der Waals surface area (Å²) >= 11 is 0. The number of amides is 1. The van der Waals surface area contributed by atoms with E-state index in [0.29, 0.717) is 0 Å². The highest BCUT2D eigenvalue weighted by Gasteiger charge is 2.25. The number of fused-ring (bicyclic) bond motifs is 1. The van der Waals surface area contributed by atoms with Gasteiger partial charge in [-0.15, -0.1) is 0 Å². The summed E-state index contributed by atoms with van der Waals surface area (Å²) in [5.74, 6) is 0.674. The number of rotatable bonds is 1. The number of primary amides is 1. The Labute approximate surface area is 82.7 Å². The SMILES string of the molecule is NC(=O)C1CCN2CCN=CC=C2N1. The molecule has 2 heterocycles. The van der Waals surface area contributed by atoms with Crippen molar-refractivity contribution in [2.45, 2.75) is 12.5 Å². The average Bonchev–Trinajstić information content (AvgIpc) is 2.41. The third-order valence-electron chi connectivity index (χ3n) is 2.53. The number of carbonyl (C=O) groups excluding carboxylic acids is 1. The quantitative estimate of drug-likeness (QED) is 0.566. The van der Waals surface area contributed by atoms with Crippen molar-refractivity contribution < 1.29 is 4.79 Å². The molecule has 2 aliphatic rings. The van der Waals surface area contributed by atoms with Crippen LogP contribution < -0.4 is 11.1 Å².